The van der Waals surface area contributed by atoms with Crippen LogP contribution in [0.5, 0.6) is 0 Å². The van der Waals surface area contributed by atoms with Crippen molar-refractivity contribution in [2.24, 2.45) is 0 Å². The van der Waals surface area contributed by atoms with Crippen molar-refractivity contribution in [2.45, 2.75) is 19.5 Å². The molecule has 1 saturated heterocycles. The fourth-order valence-corrected chi connectivity index (χ4v) is 3.76. The van der Waals surface area contributed by atoms with E-state index in [-0.39, 0.29) is 23.5 Å². The normalized spacial score (nSPS) is 15.8. The first kappa shape index (κ1) is 20.7. The van der Waals surface area contributed by atoms with Gasteiger partial charge in [0.25, 0.3) is 11.6 Å². The van der Waals surface area contributed by atoms with Crippen LogP contribution in [0.4, 0.5) is 15.8 Å². The second-order valence-corrected chi connectivity index (χ2v) is 7.46. The van der Waals surface area contributed by atoms with Crippen LogP contribution in [0.25, 0.3) is 0 Å². The maximum Gasteiger partial charge on any atom is 0.280 e. The van der Waals surface area contributed by atoms with E-state index in [2.05, 4.69) is 4.90 Å². The van der Waals surface area contributed by atoms with Gasteiger partial charge in [-0.2, -0.15) is 0 Å². The maximum absolute atomic E-state index is 13.4. The number of piperazine rings is 1. The molecule has 154 valence electrons. The number of carbonyl (C=O) groups excluding carboxylic acids is 1. The number of hydrogen-bond acceptors (Lipinski definition) is 4. The van der Waals surface area contributed by atoms with Crippen molar-refractivity contribution in [3.05, 3.63) is 70.0 Å². The lowest BCUT2D eigenvalue weighted by Gasteiger charge is -2.37. The number of nitrogens with one attached hydrogen (secondary N) is 1. The van der Waals surface area contributed by atoms with Crippen LogP contribution in [0.15, 0.2) is 48.5 Å². The Bertz CT molecular complexity index is 866. The largest absolute Gasteiger partial charge is 0.360 e. The average molecular weight is 401 g/mol. The molecule has 0 unspecified atom stereocenters. The summed E-state index contributed by atoms with van der Waals surface area (Å²) in [6.45, 7) is 5.47. The quantitative estimate of drug-likeness (QED) is 0.588. The van der Waals surface area contributed by atoms with Crippen LogP contribution in [0.2, 0.25) is 0 Å². The van der Waals surface area contributed by atoms with Gasteiger partial charge in [-0.25, -0.2) is 4.39 Å². The van der Waals surface area contributed by atoms with Gasteiger partial charge in [-0.15, -0.1) is 0 Å². The molecule has 0 bridgehead atoms. The average Bonchev–Trinajstić information content (AvgIpc) is 2.73. The predicted octanol–water partition coefficient (Wildman–Crippen LogP) is 1.49. The number of nitro benzene ring substituents is 1. The monoisotopic (exact) mass is 401 g/mol. The number of hydrogen-bond donors (Lipinski definition) is 1. The number of nitro groups is 1. The molecule has 1 aliphatic heterocycles. The minimum absolute atomic E-state index is 0.0352. The second-order valence-electron chi connectivity index (χ2n) is 7.46. The molecule has 0 saturated carbocycles. The van der Waals surface area contributed by atoms with Gasteiger partial charge in [0.05, 0.1) is 31.1 Å². The summed E-state index contributed by atoms with van der Waals surface area (Å²) in [6, 6.07) is 12.7. The number of halogens is 1. The third kappa shape index (κ3) is 5.08. The molecule has 2 aromatic rings. The number of carbonyl (C=O) groups is 1. The number of anilines is 1. The molecule has 7 nitrogen and oxygen atoms in total. The molecule has 0 aromatic heterocycles. The van der Waals surface area contributed by atoms with Crippen LogP contribution >= 0.6 is 0 Å². The Kier molecular flexibility index (Phi) is 6.43. The van der Waals surface area contributed by atoms with Gasteiger partial charge in [0, 0.05) is 31.4 Å². The molecular formula is C21H26FN4O3+. The van der Waals surface area contributed by atoms with E-state index in [1.54, 1.807) is 30.1 Å². The molecule has 3 rings (SSSR count). The van der Waals surface area contributed by atoms with E-state index >= 15 is 0 Å². The van der Waals surface area contributed by atoms with E-state index in [1.807, 2.05) is 13.0 Å². The number of nitrogens with zero attached hydrogens (tertiary/aromatic N) is 3. The van der Waals surface area contributed by atoms with Gasteiger partial charge in [-0.1, -0.05) is 12.1 Å². The number of rotatable bonds is 6. The van der Waals surface area contributed by atoms with E-state index in [0.717, 1.165) is 37.4 Å². The Hall–Kier alpha value is -3.00. The minimum Gasteiger partial charge on any atom is -0.360 e. The fraction of sp³-hybridized carbons (Fsp3) is 0.381. The summed E-state index contributed by atoms with van der Waals surface area (Å²) in [5.41, 5.74) is 1.81. The molecule has 29 heavy (non-hydrogen) atoms. The first-order valence-electron chi connectivity index (χ1n) is 9.68. The van der Waals surface area contributed by atoms with Crippen molar-refractivity contribution < 1.29 is 19.0 Å². The SMILES string of the molecule is C[C@H](C(=O)N(C)Cc1cccc(F)c1)[NH+]1CCN(c2ccc([N+](=O)[O-])cc2)CC1. The summed E-state index contributed by atoms with van der Waals surface area (Å²) in [6.07, 6.45) is 0. The lowest BCUT2D eigenvalue weighted by Crippen LogP contribution is -3.19. The minimum atomic E-state index is -0.403. The van der Waals surface area contributed by atoms with Gasteiger partial charge < -0.3 is 14.7 Å². The van der Waals surface area contributed by atoms with Crippen LogP contribution in [-0.2, 0) is 11.3 Å². The van der Waals surface area contributed by atoms with E-state index in [9.17, 15) is 19.3 Å². The second kappa shape index (κ2) is 9.00. The molecule has 0 spiro atoms. The first-order chi connectivity index (χ1) is 13.8. The number of quaternary nitrogens is 1. The van der Waals surface area contributed by atoms with E-state index in [4.69, 9.17) is 0 Å². The van der Waals surface area contributed by atoms with Crippen molar-refractivity contribution >= 4 is 17.3 Å². The maximum atomic E-state index is 13.4. The number of likely N-dealkylation sites (N-methyl/N-ethyl adjacent to an activating group) is 1. The zero-order chi connectivity index (χ0) is 21.0. The van der Waals surface area contributed by atoms with Crippen molar-refractivity contribution in [2.75, 3.05) is 38.1 Å². The highest BCUT2D eigenvalue weighted by atomic mass is 19.1. The van der Waals surface area contributed by atoms with Crippen LogP contribution < -0.4 is 9.80 Å². The van der Waals surface area contributed by atoms with Gasteiger partial charge in [0.2, 0.25) is 0 Å². The molecule has 1 amide bonds. The van der Waals surface area contributed by atoms with Gasteiger partial charge in [-0.3, -0.25) is 14.9 Å². The van der Waals surface area contributed by atoms with Crippen LogP contribution in [0.3, 0.4) is 0 Å². The topological polar surface area (TPSA) is 71.1 Å². The zero-order valence-electron chi connectivity index (χ0n) is 16.7. The van der Waals surface area contributed by atoms with Gasteiger partial charge in [-0.05, 0) is 36.8 Å². The van der Waals surface area contributed by atoms with E-state index in [1.165, 1.54) is 29.2 Å². The van der Waals surface area contributed by atoms with E-state index in [0.29, 0.717) is 6.54 Å². The summed E-state index contributed by atoms with van der Waals surface area (Å²) >= 11 is 0. The number of benzene rings is 2. The van der Waals surface area contributed by atoms with Gasteiger partial charge in [0.15, 0.2) is 6.04 Å². The highest BCUT2D eigenvalue weighted by Crippen LogP contribution is 2.19. The Morgan fingerprint density at radius 2 is 1.90 bits per heavy atom. The fourth-order valence-electron chi connectivity index (χ4n) is 3.76. The zero-order valence-corrected chi connectivity index (χ0v) is 16.7. The van der Waals surface area contributed by atoms with Gasteiger partial charge >= 0.3 is 0 Å². The standard InChI is InChI=1S/C21H25FN4O3/c1-16(21(27)23(2)15-17-4-3-5-18(22)14-17)24-10-12-25(13-11-24)19-6-8-20(9-7-19)26(28)29/h3-9,14,16H,10-13,15H2,1-2H3/p+1/t16-/m1/s1. The summed E-state index contributed by atoms with van der Waals surface area (Å²) < 4.78 is 13.4. The molecule has 1 atom stereocenters. The highest BCUT2D eigenvalue weighted by molar-refractivity contribution is 5.79. The molecule has 0 aliphatic carbocycles. The predicted molar refractivity (Wildman–Crippen MR) is 108 cm³/mol. The lowest BCUT2D eigenvalue weighted by atomic mass is 10.1. The number of non-ortho nitro benzene ring substituents is 1. The third-order valence-electron chi connectivity index (χ3n) is 5.50. The first-order valence-corrected chi connectivity index (χ1v) is 9.68. The summed E-state index contributed by atoms with van der Waals surface area (Å²) in [4.78, 5) is 28.2. The Balaban J connectivity index is 1.54. The van der Waals surface area contributed by atoms with Crippen molar-refractivity contribution in [1.82, 2.24) is 4.90 Å². The van der Waals surface area contributed by atoms with Crippen molar-refractivity contribution in [3.8, 4) is 0 Å². The smallest absolute Gasteiger partial charge is 0.280 e. The Labute approximate surface area is 169 Å². The highest BCUT2D eigenvalue weighted by Gasteiger charge is 2.31. The van der Waals surface area contributed by atoms with Crippen LogP contribution in [-0.4, -0.2) is 55.0 Å². The van der Waals surface area contributed by atoms with Crippen molar-refractivity contribution in [3.63, 3.8) is 0 Å². The molecule has 0 radical (unpaired) electrons. The molecule has 1 fully saturated rings. The van der Waals surface area contributed by atoms with Crippen molar-refractivity contribution in [1.29, 1.82) is 0 Å². The van der Waals surface area contributed by atoms with E-state index < -0.39 is 4.92 Å². The molecule has 1 N–H and O–H groups in total. The summed E-state index contributed by atoms with van der Waals surface area (Å²) in [5, 5.41) is 10.8. The van der Waals surface area contributed by atoms with Gasteiger partial charge in [0.1, 0.15) is 5.82 Å². The Morgan fingerprint density at radius 3 is 2.48 bits per heavy atom. The molecule has 1 heterocycles. The lowest BCUT2D eigenvalue weighted by molar-refractivity contribution is -0.915. The summed E-state index contributed by atoms with van der Waals surface area (Å²) in [5.74, 6) is -0.266. The molecule has 2 aromatic carbocycles. The van der Waals surface area contributed by atoms with Crippen LogP contribution in [0, 0.1) is 15.9 Å². The van der Waals surface area contributed by atoms with Crippen LogP contribution in [0.1, 0.15) is 12.5 Å². The molecular weight excluding hydrogens is 375 g/mol. The third-order valence-corrected chi connectivity index (χ3v) is 5.50. The molecule has 1 aliphatic rings. The Morgan fingerprint density at radius 1 is 1.24 bits per heavy atom. The summed E-state index contributed by atoms with van der Waals surface area (Å²) in [7, 11) is 1.75. The molecule has 8 heteroatoms. The number of amides is 1.